The molecule has 0 unspecified atom stereocenters. The van der Waals surface area contributed by atoms with Crippen LogP contribution in [0.2, 0.25) is 0 Å². The molecule has 7 heteroatoms. The third-order valence-corrected chi connectivity index (χ3v) is 2.83. The van der Waals surface area contributed by atoms with Crippen molar-refractivity contribution in [3.05, 3.63) is 42.2 Å². The highest BCUT2D eigenvalue weighted by Gasteiger charge is 2.09. The second-order valence-electron chi connectivity index (χ2n) is 4.72. The molecule has 0 fully saturated rings. The average Bonchev–Trinajstić information content (AvgIpc) is 2.85. The first-order chi connectivity index (χ1) is 9.95. The largest absolute Gasteiger partial charge is 0.480 e. The van der Waals surface area contributed by atoms with E-state index in [1.807, 2.05) is 31.1 Å². The van der Waals surface area contributed by atoms with Crippen LogP contribution < -0.4 is 10.2 Å². The number of nitrogens with one attached hydrogen (secondary N) is 1. The molecular formula is C14H16N4O3. The molecule has 110 valence electrons. The molecule has 21 heavy (non-hydrogen) atoms. The zero-order valence-corrected chi connectivity index (χ0v) is 11.8. The maximum Gasteiger partial charge on any atom is 0.325 e. The van der Waals surface area contributed by atoms with Gasteiger partial charge < -0.3 is 15.3 Å². The Morgan fingerprint density at radius 3 is 2.52 bits per heavy atom. The summed E-state index contributed by atoms with van der Waals surface area (Å²) in [5.74, 6) is -1.26. The topological polar surface area (TPSA) is 87.5 Å². The summed E-state index contributed by atoms with van der Waals surface area (Å²) in [4.78, 5) is 24.5. The van der Waals surface area contributed by atoms with Gasteiger partial charge in [-0.3, -0.25) is 14.3 Å². The number of aromatic nitrogens is 2. The molecule has 1 amide bonds. The van der Waals surface area contributed by atoms with Crippen molar-refractivity contribution in [2.45, 2.75) is 6.54 Å². The molecule has 0 aliphatic heterocycles. The fourth-order valence-corrected chi connectivity index (χ4v) is 1.77. The van der Waals surface area contributed by atoms with Gasteiger partial charge in [0.15, 0.2) is 0 Å². The highest BCUT2D eigenvalue weighted by molar-refractivity contribution is 6.04. The molecule has 0 aliphatic rings. The molecule has 0 radical (unpaired) electrons. The van der Waals surface area contributed by atoms with Gasteiger partial charge in [0.1, 0.15) is 6.54 Å². The van der Waals surface area contributed by atoms with Gasteiger partial charge in [-0.15, -0.1) is 0 Å². The summed E-state index contributed by atoms with van der Waals surface area (Å²) in [6.45, 7) is -0.243. The van der Waals surface area contributed by atoms with Crippen LogP contribution in [0, 0.1) is 0 Å². The molecule has 0 saturated heterocycles. The van der Waals surface area contributed by atoms with Crippen molar-refractivity contribution in [1.29, 1.82) is 0 Å². The lowest BCUT2D eigenvalue weighted by Crippen LogP contribution is -2.13. The van der Waals surface area contributed by atoms with E-state index in [9.17, 15) is 9.59 Å². The lowest BCUT2D eigenvalue weighted by atomic mass is 10.2. The number of anilines is 2. The summed E-state index contributed by atoms with van der Waals surface area (Å²) < 4.78 is 1.24. The molecule has 0 spiro atoms. The lowest BCUT2D eigenvalue weighted by molar-refractivity contribution is -0.137. The van der Waals surface area contributed by atoms with Gasteiger partial charge in [0, 0.05) is 31.5 Å². The second-order valence-corrected chi connectivity index (χ2v) is 4.72. The van der Waals surface area contributed by atoms with Crippen LogP contribution >= 0.6 is 0 Å². The van der Waals surface area contributed by atoms with Crippen LogP contribution in [0.5, 0.6) is 0 Å². The first kappa shape index (κ1) is 14.6. The SMILES string of the molecule is CN(C)c1ccc(C(=O)Nc2cnn(CC(=O)O)c2)cc1. The Balaban J connectivity index is 2.03. The zero-order chi connectivity index (χ0) is 15.4. The first-order valence-corrected chi connectivity index (χ1v) is 6.28. The normalized spacial score (nSPS) is 10.2. The molecule has 0 aliphatic carbocycles. The Bertz CT molecular complexity index is 646. The predicted octanol–water partition coefficient (Wildman–Crippen LogP) is 1.29. The molecule has 0 saturated carbocycles. The standard InChI is InChI=1S/C14H16N4O3/c1-17(2)12-5-3-10(4-6-12)14(21)16-11-7-15-18(8-11)9-13(19)20/h3-8H,9H2,1-2H3,(H,16,21)(H,19,20). The molecule has 7 nitrogen and oxygen atoms in total. The fourth-order valence-electron chi connectivity index (χ4n) is 1.77. The second kappa shape index (κ2) is 6.08. The summed E-state index contributed by atoms with van der Waals surface area (Å²) in [6, 6.07) is 7.16. The van der Waals surface area contributed by atoms with Crippen LogP contribution in [0.25, 0.3) is 0 Å². The number of hydrogen-bond donors (Lipinski definition) is 2. The van der Waals surface area contributed by atoms with E-state index in [1.54, 1.807) is 12.1 Å². The summed E-state index contributed by atoms with van der Waals surface area (Å²) in [6.07, 6.45) is 2.88. The van der Waals surface area contributed by atoms with Gasteiger partial charge in [0.25, 0.3) is 5.91 Å². The Kier molecular flexibility index (Phi) is 4.22. The van der Waals surface area contributed by atoms with Gasteiger partial charge in [-0.05, 0) is 24.3 Å². The van der Waals surface area contributed by atoms with Crippen LogP contribution in [0.1, 0.15) is 10.4 Å². The Morgan fingerprint density at radius 2 is 1.95 bits per heavy atom. The highest BCUT2D eigenvalue weighted by Crippen LogP contribution is 2.14. The van der Waals surface area contributed by atoms with Crippen molar-refractivity contribution >= 4 is 23.3 Å². The number of amides is 1. The maximum absolute atomic E-state index is 12.0. The van der Waals surface area contributed by atoms with Crippen LogP contribution in [-0.4, -0.2) is 40.9 Å². The number of nitrogens with zero attached hydrogens (tertiary/aromatic N) is 3. The fraction of sp³-hybridized carbons (Fsp3) is 0.214. The van der Waals surface area contributed by atoms with E-state index in [0.29, 0.717) is 11.3 Å². The van der Waals surface area contributed by atoms with Crippen molar-refractivity contribution in [2.75, 3.05) is 24.3 Å². The number of carbonyl (C=O) groups is 2. The maximum atomic E-state index is 12.0. The van der Waals surface area contributed by atoms with Gasteiger partial charge in [-0.1, -0.05) is 0 Å². The molecule has 1 aromatic carbocycles. The van der Waals surface area contributed by atoms with Crippen molar-refractivity contribution in [2.24, 2.45) is 0 Å². The van der Waals surface area contributed by atoms with Gasteiger partial charge in [0.2, 0.25) is 0 Å². The van der Waals surface area contributed by atoms with Crippen molar-refractivity contribution in [3.8, 4) is 0 Å². The first-order valence-electron chi connectivity index (χ1n) is 6.28. The summed E-state index contributed by atoms with van der Waals surface area (Å²) in [7, 11) is 3.85. The van der Waals surface area contributed by atoms with E-state index in [0.717, 1.165) is 5.69 Å². The van der Waals surface area contributed by atoms with Gasteiger partial charge >= 0.3 is 5.97 Å². The van der Waals surface area contributed by atoms with Crippen LogP contribution in [0.3, 0.4) is 0 Å². The Hall–Kier alpha value is -2.83. The summed E-state index contributed by atoms with van der Waals surface area (Å²) in [5.41, 5.74) is 1.98. The molecule has 2 rings (SSSR count). The Morgan fingerprint density at radius 1 is 1.29 bits per heavy atom. The predicted molar refractivity (Wildman–Crippen MR) is 78.6 cm³/mol. The van der Waals surface area contributed by atoms with Crippen LogP contribution in [-0.2, 0) is 11.3 Å². The van der Waals surface area contributed by atoms with Crippen molar-refractivity contribution in [1.82, 2.24) is 9.78 Å². The minimum absolute atomic E-state index is 0.243. The van der Waals surface area contributed by atoms with E-state index in [1.165, 1.54) is 17.1 Å². The Labute approximate surface area is 121 Å². The molecule has 0 bridgehead atoms. The minimum Gasteiger partial charge on any atom is -0.480 e. The third kappa shape index (κ3) is 3.82. The molecule has 0 atom stereocenters. The smallest absolute Gasteiger partial charge is 0.325 e. The quantitative estimate of drug-likeness (QED) is 0.865. The van der Waals surface area contributed by atoms with E-state index < -0.39 is 5.97 Å². The van der Waals surface area contributed by atoms with Crippen molar-refractivity contribution in [3.63, 3.8) is 0 Å². The molecule has 2 N–H and O–H groups in total. The van der Waals surface area contributed by atoms with Gasteiger partial charge in [-0.25, -0.2) is 0 Å². The summed E-state index contributed by atoms with van der Waals surface area (Å²) >= 11 is 0. The third-order valence-electron chi connectivity index (χ3n) is 2.83. The number of carboxylic acids is 1. The van der Waals surface area contributed by atoms with E-state index >= 15 is 0 Å². The van der Waals surface area contributed by atoms with Crippen LogP contribution in [0.15, 0.2) is 36.7 Å². The van der Waals surface area contributed by atoms with Gasteiger partial charge in [-0.2, -0.15) is 5.10 Å². The zero-order valence-electron chi connectivity index (χ0n) is 11.8. The number of carboxylic acid groups (broad SMARTS) is 1. The van der Waals surface area contributed by atoms with Crippen molar-refractivity contribution < 1.29 is 14.7 Å². The number of hydrogen-bond acceptors (Lipinski definition) is 4. The van der Waals surface area contributed by atoms with E-state index in [-0.39, 0.29) is 12.5 Å². The van der Waals surface area contributed by atoms with Crippen LogP contribution in [0.4, 0.5) is 11.4 Å². The van der Waals surface area contributed by atoms with E-state index in [2.05, 4.69) is 10.4 Å². The molecule has 2 aromatic rings. The lowest BCUT2D eigenvalue weighted by Gasteiger charge is -2.12. The highest BCUT2D eigenvalue weighted by atomic mass is 16.4. The van der Waals surface area contributed by atoms with E-state index in [4.69, 9.17) is 5.11 Å². The number of aliphatic carboxylic acids is 1. The summed E-state index contributed by atoms with van der Waals surface area (Å²) in [5, 5.41) is 15.2. The van der Waals surface area contributed by atoms with Gasteiger partial charge in [0.05, 0.1) is 11.9 Å². The molecule has 1 heterocycles. The minimum atomic E-state index is -0.991. The average molecular weight is 288 g/mol. The number of rotatable bonds is 5. The number of carbonyl (C=O) groups excluding carboxylic acids is 1. The molecule has 1 aromatic heterocycles. The molecular weight excluding hydrogens is 272 g/mol. The monoisotopic (exact) mass is 288 g/mol. The number of benzene rings is 1.